The van der Waals surface area contributed by atoms with E-state index in [4.69, 9.17) is 9.47 Å². The lowest BCUT2D eigenvalue weighted by Gasteiger charge is -1.98. The number of carbonyl (C=O) groups is 1. The third-order valence-electron chi connectivity index (χ3n) is 3.39. The van der Waals surface area contributed by atoms with E-state index in [0.717, 1.165) is 10.4 Å². The highest BCUT2D eigenvalue weighted by molar-refractivity contribution is 7.11. The van der Waals surface area contributed by atoms with E-state index in [-0.39, 0.29) is 12.7 Å². The van der Waals surface area contributed by atoms with Gasteiger partial charge >= 0.3 is 0 Å². The molecule has 1 aromatic carbocycles. The molecule has 2 aromatic heterocycles. The molecule has 0 fully saturated rings. The van der Waals surface area contributed by atoms with Crippen molar-refractivity contribution >= 4 is 23.5 Å². The van der Waals surface area contributed by atoms with Gasteiger partial charge in [-0.3, -0.25) is 9.89 Å². The minimum Gasteiger partial charge on any atom is -0.454 e. The number of aromatic nitrogens is 2. The summed E-state index contributed by atoms with van der Waals surface area (Å²) >= 11 is 1.54. The second kappa shape index (κ2) is 6.17. The molecule has 1 aliphatic rings. The summed E-state index contributed by atoms with van der Waals surface area (Å²) in [6, 6.07) is 11.0. The average Bonchev–Trinajstić information content (AvgIpc) is 3.34. The lowest BCUT2D eigenvalue weighted by molar-refractivity contribution is 0.0950. The molecule has 0 spiro atoms. The topological polar surface area (TPSA) is 88.6 Å². The molecule has 3 heterocycles. The Morgan fingerprint density at radius 1 is 1.29 bits per heavy atom. The maximum absolute atomic E-state index is 12.1. The van der Waals surface area contributed by atoms with Crippen LogP contribution in [0.5, 0.6) is 11.5 Å². The summed E-state index contributed by atoms with van der Waals surface area (Å²) in [4.78, 5) is 13.0. The van der Waals surface area contributed by atoms with Crippen molar-refractivity contribution in [3.63, 3.8) is 0 Å². The van der Waals surface area contributed by atoms with Gasteiger partial charge in [0.25, 0.3) is 5.91 Å². The zero-order chi connectivity index (χ0) is 16.4. The molecule has 0 saturated heterocycles. The summed E-state index contributed by atoms with van der Waals surface area (Å²) in [5, 5.41) is 12.7. The monoisotopic (exact) mass is 340 g/mol. The fraction of sp³-hybridized carbons (Fsp3) is 0.0625. The van der Waals surface area contributed by atoms with Crippen molar-refractivity contribution in [2.24, 2.45) is 5.10 Å². The number of ether oxygens (including phenoxy) is 2. The van der Waals surface area contributed by atoms with Gasteiger partial charge in [0.05, 0.1) is 11.9 Å². The largest absolute Gasteiger partial charge is 0.454 e. The highest BCUT2D eigenvalue weighted by Crippen LogP contribution is 2.35. The van der Waals surface area contributed by atoms with Gasteiger partial charge in [-0.25, -0.2) is 5.43 Å². The van der Waals surface area contributed by atoms with Crippen molar-refractivity contribution in [2.75, 3.05) is 6.79 Å². The maximum atomic E-state index is 12.1. The van der Waals surface area contributed by atoms with Crippen LogP contribution in [0.4, 0.5) is 0 Å². The molecule has 120 valence electrons. The quantitative estimate of drug-likeness (QED) is 0.564. The van der Waals surface area contributed by atoms with Crippen LogP contribution in [0.15, 0.2) is 46.9 Å². The van der Waals surface area contributed by atoms with Gasteiger partial charge in [-0.1, -0.05) is 6.07 Å². The van der Waals surface area contributed by atoms with Crippen molar-refractivity contribution in [3.05, 3.63) is 52.3 Å². The number of hydrogen-bond donors (Lipinski definition) is 2. The van der Waals surface area contributed by atoms with Gasteiger partial charge in [-0.05, 0) is 35.7 Å². The standard InChI is InChI=1S/C16H12N4O3S/c21-16(20-17-8-11-2-1-5-24-11)13-7-12(18-19-13)10-3-4-14-15(6-10)23-9-22-14/h1-8H,9H2,(H,18,19)(H,20,21). The Balaban J connectivity index is 1.47. The summed E-state index contributed by atoms with van der Waals surface area (Å²) in [6.45, 7) is 0.218. The lowest BCUT2D eigenvalue weighted by atomic mass is 10.1. The molecule has 3 aromatic rings. The Hall–Kier alpha value is -3.13. The van der Waals surface area contributed by atoms with Gasteiger partial charge in [0.15, 0.2) is 11.5 Å². The Morgan fingerprint density at radius 3 is 3.08 bits per heavy atom. The van der Waals surface area contributed by atoms with Crippen LogP contribution < -0.4 is 14.9 Å². The lowest BCUT2D eigenvalue weighted by Crippen LogP contribution is -2.17. The van der Waals surface area contributed by atoms with Gasteiger partial charge < -0.3 is 9.47 Å². The molecule has 1 aliphatic heterocycles. The Kier molecular flexibility index (Phi) is 3.72. The third kappa shape index (κ3) is 2.86. The van der Waals surface area contributed by atoms with Crippen LogP contribution in [-0.2, 0) is 0 Å². The Labute approximate surface area is 140 Å². The summed E-state index contributed by atoms with van der Waals surface area (Å²) in [5.41, 5.74) is 4.26. The molecule has 0 aliphatic carbocycles. The van der Waals surface area contributed by atoms with Crippen LogP contribution in [-0.4, -0.2) is 29.1 Å². The van der Waals surface area contributed by atoms with Crippen molar-refractivity contribution in [2.45, 2.75) is 0 Å². The van der Waals surface area contributed by atoms with Crippen LogP contribution in [0, 0.1) is 0 Å². The predicted molar refractivity (Wildman–Crippen MR) is 89.5 cm³/mol. The van der Waals surface area contributed by atoms with E-state index in [1.807, 2.05) is 35.7 Å². The smallest absolute Gasteiger partial charge is 0.289 e. The highest BCUT2D eigenvalue weighted by Gasteiger charge is 2.16. The number of H-pyrrole nitrogens is 1. The molecule has 2 N–H and O–H groups in total. The first-order valence-corrected chi connectivity index (χ1v) is 8.00. The summed E-state index contributed by atoms with van der Waals surface area (Å²) in [5.74, 6) is 1.01. The number of nitrogens with one attached hydrogen (secondary N) is 2. The number of hydrogen-bond acceptors (Lipinski definition) is 6. The van der Waals surface area contributed by atoms with Crippen LogP contribution in [0.2, 0.25) is 0 Å². The van der Waals surface area contributed by atoms with Crippen molar-refractivity contribution in [1.82, 2.24) is 15.6 Å². The molecule has 8 heteroatoms. The van der Waals surface area contributed by atoms with E-state index in [0.29, 0.717) is 22.9 Å². The van der Waals surface area contributed by atoms with E-state index in [1.165, 1.54) is 11.3 Å². The maximum Gasteiger partial charge on any atom is 0.289 e. The molecule has 7 nitrogen and oxygen atoms in total. The van der Waals surface area contributed by atoms with E-state index in [9.17, 15) is 4.79 Å². The molecule has 4 rings (SSSR count). The van der Waals surface area contributed by atoms with Crippen LogP contribution in [0.1, 0.15) is 15.4 Å². The molecule has 1 amide bonds. The minimum absolute atomic E-state index is 0.218. The summed E-state index contributed by atoms with van der Waals surface area (Å²) < 4.78 is 10.6. The van der Waals surface area contributed by atoms with Gasteiger partial charge in [0.2, 0.25) is 6.79 Å². The first-order valence-electron chi connectivity index (χ1n) is 7.12. The number of hydrazone groups is 1. The van der Waals surface area contributed by atoms with Crippen molar-refractivity contribution in [3.8, 4) is 22.8 Å². The zero-order valence-electron chi connectivity index (χ0n) is 12.4. The van der Waals surface area contributed by atoms with E-state index in [1.54, 1.807) is 12.3 Å². The number of carbonyl (C=O) groups excluding carboxylic acids is 1. The van der Waals surface area contributed by atoms with Gasteiger partial charge in [0, 0.05) is 10.4 Å². The number of nitrogens with zero attached hydrogens (tertiary/aromatic N) is 2. The first-order chi connectivity index (χ1) is 11.8. The van der Waals surface area contributed by atoms with Crippen molar-refractivity contribution < 1.29 is 14.3 Å². The molecule has 0 bridgehead atoms. The Bertz CT molecular complexity index is 902. The first kappa shape index (κ1) is 14.5. The van der Waals surface area contributed by atoms with Crippen molar-refractivity contribution in [1.29, 1.82) is 0 Å². The van der Waals surface area contributed by atoms with E-state index >= 15 is 0 Å². The van der Waals surface area contributed by atoms with Gasteiger partial charge in [-0.15, -0.1) is 11.3 Å². The molecule has 0 radical (unpaired) electrons. The van der Waals surface area contributed by atoms with Crippen LogP contribution in [0.3, 0.4) is 0 Å². The van der Waals surface area contributed by atoms with Crippen LogP contribution in [0.25, 0.3) is 11.3 Å². The fourth-order valence-corrected chi connectivity index (χ4v) is 2.81. The van der Waals surface area contributed by atoms with E-state index in [2.05, 4.69) is 20.7 Å². The second-order valence-electron chi connectivity index (χ2n) is 4.95. The highest BCUT2D eigenvalue weighted by atomic mass is 32.1. The Morgan fingerprint density at radius 2 is 2.21 bits per heavy atom. The number of fused-ring (bicyclic) bond motifs is 1. The van der Waals surface area contributed by atoms with Gasteiger partial charge in [0.1, 0.15) is 5.69 Å². The van der Waals surface area contributed by atoms with Crippen LogP contribution >= 0.6 is 11.3 Å². The summed E-state index contributed by atoms with van der Waals surface area (Å²) in [6.07, 6.45) is 1.59. The molecular weight excluding hydrogens is 328 g/mol. The molecule has 0 unspecified atom stereocenters. The molecule has 0 saturated carbocycles. The van der Waals surface area contributed by atoms with E-state index < -0.39 is 0 Å². The summed E-state index contributed by atoms with van der Waals surface area (Å²) in [7, 11) is 0. The number of rotatable bonds is 4. The SMILES string of the molecule is O=C(NN=Cc1cccs1)c1cc(-c2ccc3c(c2)OCO3)n[nH]1. The number of aromatic amines is 1. The molecular formula is C16H12N4O3S. The minimum atomic E-state index is -0.359. The predicted octanol–water partition coefficient (Wildman–Crippen LogP) is 2.63. The number of thiophene rings is 1. The van der Waals surface area contributed by atoms with Gasteiger partial charge in [-0.2, -0.15) is 10.2 Å². The average molecular weight is 340 g/mol. The normalized spacial score (nSPS) is 12.7. The fourth-order valence-electron chi connectivity index (χ4n) is 2.22. The second-order valence-corrected chi connectivity index (χ2v) is 5.93. The number of benzene rings is 1. The molecule has 24 heavy (non-hydrogen) atoms. The third-order valence-corrected chi connectivity index (χ3v) is 4.20. The number of amides is 1. The zero-order valence-corrected chi connectivity index (χ0v) is 13.2. The molecule has 0 atom stereocenters.